The number of hydrogen-bond donors (Lipinski definition) is 0. The largest absolute Gasteiger partial charge is 0.298 e. The highest BCUT2D eigenvalue weighted by Crippen LogP contribution is 2.17. The van der Waals surface area contributed by atoms with Crippen molar-refractivity contribution in [1.82, 2.24) is 4.98 Å². The molecule has 3 heteroatoms. The van der Waals surface area contributed by atoms with Gasteiger partial charge in [-0.05, 0) is 18.2 Å². The van der Waals surface area contributed by atoms with Crippen molar-refractivity contribution < 1.29 is 9.59 Å². The zero-order valence-corrected chi connectivity index (χ0v) is 8.46. The second-order valence-electron chi connectivity index (χ2n) is 3.31. The summed E-state index contributed by atoms with van der Waals surface area (Å²) in [6.07, 6.45) is 1.49. The highest BCUT2D eigenvalue weighted by molar-refractivity contribution is 5.79. The van der Waals surface area contributed by atoms with Gasteiger partial charge in [-0.15, -0.1) is 0 Å². The lowest BCUT2D eigenvalue weighted by molar-refractivity contribution is 0.111. The number of nitrogens with zero attached hydrogens (tertiary/aromatic N) is 1. The van der Waals surface area contributed by atoms with Gasteiger partial charge in [0.2, 0.25) is 0 Å². The Morgan fingerprint density at radius 2 is 1.75 bits per heavy atom. The normalized spacial score (nSPS) is 9.75. The van der Waals surface area contributed by atoms with Gasteiger partial charge in [0, 0.05) is 11.1 Å². The zero-order chi connectivity index (χ0) is 11.4. The fraction of sp³-hybridized carbons (Fsp3) is 0. The Morgan fingerprint density at radius 3 is 2.50 bits per heavy atom. The summed E-state index contributed by atoms with van der Waals surface area (Å²) >= 11 is 0. The number of rotatable bonds is 3. The monoisotopic (exact) mass is 211 g/mol. The molecule has 0 amide bonds. The number of hydrogen-bond acceptors (Lipinski definition) is 3. The average molecular weight is 211 g/mol. The van der Waals surface area contributed by atoms with E-state index in [1.165, 1.54) is 0 Å². The lowest BCUT2D eigenvalue weighted by Gasteiger charge is -2.01. The third-order valence-electron chi connectivity index (χ3n) is 2.21. The van der Waals surface area contributed by atoms with Crippen LogP contribution in [0, 0.1) is 0 Å². The molecule has 78 valence electrons. The number of benzene rings is 1. The van der Waals surface area contributed by atoms with E-state index in [0.717, 1.165) is 11.8 Å². The van der Waals surface area contributed by atoms with E-state index >= 15 is 0 Å². The molecule has 16 heavy (non-hydrogen) atoms. The number of aldehydes is 2. The zero-order valence-electron chi connectivity index (χ0n) is 8.46. The molecule has 0 spiro atoms. The smallest absolute Gasteiger partial charge is 0.168 e. The second kappa shape index (κ2) is 4.49. The molecule has 0 fully saturated rings. The van der Waals surface area contributed by atoms with Crippen LogP contribution in [0.4, 0.5) is 0 Å². The first-order chi connectivity index (χ1) is 7.83. The summed E-state index contributed by atoms with van der Waals surface area (Å²) in [6.45, 7) is 0. The number of carbonyl (C=O) groups is 2. The van der Waals surface area contributed by atoms with Crippen LogP contribution in [-0.2, 0) is 0 Å². The minimum Gasteiger partial charge on any atom is -0.298 e. The van der Waals surface area contributed by atoms with Gasteiger partial charge in [0.05, 0.1) is 5.69 Å². The summed E-state index contributed by atoms with van der Waals surface area (Å²) in [5, 5.41) is 0. The first kappa shape index (κ1) is 10.2. The Labute approximate surface area is 92.8 Å². The van der Waals surface area contributed by atoms with Crippen molar-refractivity contribution in [1.29, 1.82) is 0 Å². The fourth-order valence-electron chi connectivity index (χ4n) is 1.45. The molecule has 2 aromatic rings. The van der Waals surface area contributed by atoms with Crippen LogP contribution in [0.3, 0.4) is 0 Å². The highest BCUT2D eigenvalue weighted by atomic mass is 16.1. The Morgan fingerprint density at radius 1 is 0.938 bits per heavy atom. The van der Waals surface area contributed by atoms with Gasteiger partial charge in [-0.3, -0.25) is 9.59 Å². The molecule has 0 radical (unpaired) electrons. The minimum absolute atomic E-state index is 0.383. The van der Waals surface area contributed by atoms with Gasteiger partial charge in [0.25, 0.3) is 0 Å². The van der Waals surface area contributed by atoms with Crippen molar-refractivity contribution in [2.45, 2.75) is 0 Å². The van der Waals surface area contributed by atoms with Gasteiger partial charge < -0.3 is 0 Å². The quantitative estimate of drug-likeness (QED) is 0.732. The summed E-state index contributed by atoms with van der Waals surface area (Å²) in [5.74, 6) is 0. The Bertz CT molecular complexity index is 485. The van der Waals surface area contributed by atoms with E-state index < -0.39 is 0 Å². The molecule has 0 aliphatic rings. The highest BCUT2D eigenvalue weighted by Gasteiger charge is 2.01. The van der Waals surface area contributed by atoms with E-state index in [9.17, 15) is 9.59 Å². The molecule has 3 nitrogen and oxygen atoms in total. The molecule has 1 aromatic heterocycles. The van der Waals surface area contributed by atoms with Crippen molar-refractivity contribution in [3.05, 3.63) is 53.7 Å². The molecule has 1 heterocycles. The lowest BCUT2D eigenvalue weighted by atomic mass is 10.1. The Kier molecular flexibility index (Phi) is 2.87. The topological polar surface area (TPSA) is 47.0 Å². The Balaban J connectivity index is 2.49. The van der Waals surface area contributed by atoms with E-state index in [1.807, 2.05) is 6.07 Å². The Hall–Kier alpha value is -2.29. The molecule has 0 N–H and O–H groups in total. The van der Waals surface area contributed by atoms with Crippen LogP contribution < -0.4 is 0 Å². The summed E-state index contributed by atoms with van der Waals surface area (Å²) in [4.78, 5) is 25.4. The van der Waals surface area contributed by atoms with Gasteiger partial charge in [0.1, 0.15) is 12.0 Å². The van der Waals surface area contributed by atoms with E-state index in [-0.39, 0.29) is 0 Å². The van der Waals surface area contributed by atoms with E-state index in [1.54, 1.807) is 36.4 Å². The van der Waals surface area contributed by atoms with E-state index in [0.29, 0.717) is 23.2 Å². The SMILES string of the molecule is O=Cc1cccc(-c2cccc(C=O)n2)c1. The maximum atomic E-state index is 10.6. The molecule has 0 atom stereocenters. The molecular weight excluding hydrogens is 202 g/mol. The van der Waals surface area contributed by atoms with Crippen molar-refractivity contribution in [3.8, 4) is 11.3 Å². The summed E-state index contributed by atoms with van der Waals surface area (Å²) in [5.41, 5.74) is 2.49. The molecule has 2 rings (SSSR count). The second-order valence-corrected chi connectivity index (χ2v) is 3.31. The van der Waals surface area contributed by atoms with Crippen LogP contribution >= 0.6 is 0 Å². The van der Waals surface area contributed by atoms with Crippen LogP contribution in [-0.4, -0.2) is 17.6 Å². The van der Waals surface area contributed by atoms with Crippen molar-refractivity contribution >= 4 is 12.6 Å². The maximum Gasteiger partial charge on any atom is 0.168 e. The van der Waals surface area contributed by atoms with Crippen LogP contribution in [0.15, 0.2) is 42.5 Å². The van der Waals surface area contributed by atoms with Crippen LogP contribution in [0.1, 0.15) is 20.8 Å². The van der Waals surface area contributed by atoms with Crippen molar-refractivity contribution in [2.24, 2.45) is 0 Å². The molecule has 0 saturated carbocycles. The molecule has 0 aliphatic carbocycles. The molecule has 0 aliphatic heterocycles. The maximum absolute atomic E-state index is 10.6. The predicted molar refractivity (Wildman–Crippen MR) is 60.4 cm³/mol. The van der Waals surface area contributed by atoms with E-state index in [2.05, 4.69) is 4.98 Å². The van der Waals surface area contributed by atoms with Crippen molar-refractivity contribution in [2.75, 3.05) is 0 Å². The molecule has 1 aromatic carbocycles. The van der Waals surface area contributed by atoms with Gasteiger partial charge >= 0.3 is 0 Å². The predicted octanol–water partition coefficient (Wildman–Crippen LogP) is 2.37. The standard InChI is InChI=1S/C13H9NO2/c15-8-10-3-1-4-11(7-10)13-6-2-5-12(9-16)14-13/h1-9H. The average Bonchev–Trinajstić information content (AvgIpc) is 2.39. The number of pyridine rings is 1. The van der Waals surface area contributed by atoms with Gasteiger partial charge in [-0.2, -0.15) is 0 Å². The fourth-order valence-corrected chi connectivity index (χ4v) is 1.45. The third-order valence-corrected chi connectivity index (χ3v) is 2.21. The van der Waals surface area contributed by atoms with Gasteiger partial charge in [-0.25, -0.2) is 4.98 Å². The van der Waals surface area contributed by atoms with E-state index in [4.69, 9.17) is 0 Å². The number of carbonyl (C=O) groups excluding carboxylic acids is 2. The molecular formula is C13H9NO2. The van der Waals surface area contributed by atoms with Gasteiger partial charge in [-0.1, -0.05) is 24.3 Å². The minimum atomic E-state index is 0.383. The van der Waals surface area contributed by atoms with Crippen LogP contribution in [0.2, 0.25) is 0 Å². The molecule has 0 bridgehead atoms. The van der Waals surface area contributed by atoms with Crippen molar-refractivity contribution in [3.63, 3.8) is 0 Å². The molecule has 0 unspecified atom stereocenters. The van der Waals surface area contributed by atoms with Gasteiger partial charge in [0.15, 0.2) is 6.29 Å². The third kappa shape index (κ3) is 2.03. The number of aromatic nitrogens is 1. The summed E-state index contributed by atoms with van der Waals surface area (Å²) < 4.78 is 0. The van der Waals surface area contributed by atoms with Crippen LogP contribution in [0.25, 0.3) is 11.3 Å². The molecule has 0 saturated heterocycles. The summed E-state index contributed by atoms with van der Waals surface area (Å²) in [6, 6.07) is 12.3. The first-order valence-electron chi connectivity index (χ1n) is 4.81. The first-order valence-corrected chi connectivity index (χ1v) is 4.81. The lowest BCUT2D eigenvalue weighted by Crippen LogP contribution is -1.90. The summed E-state index contributed by atoms with van der Waals surface area (Å²) in [7, 11) is 0. The van der Waals surface area contributed by atoms with Crippen LogP contribution in [0.5, 0.6) is 0 Å².